The first-order valence-electron chi connectivity index (χ1n) is 4.90. The van der Waals surface area contributed by atoms with Crippen molar-refractivity contribution in [2.24, 2.45) is 5.92 Å². The molecule has 0 aromatic carbocycles. The maximum absolute atomic E-state index is 6.14. The lowest BCUT2D eigenvalue weighted by atomic mass is 9.95. The van der Waals surface area contributed by atoms with Gasteiger partial charge >= 0.3 is 0 Å². The molecule has 0 aromatic rings. The molecule has 0 amide bonds. The lowest BCUT2D eigenvalue weighted by molar-refractivity contribution is 0.436. The van der Waals surface area contributed by atoms with Crippen LogP contribution >= 0.6 is 11.6 Å². The Morgan fingerprint density at radius 3 is 2.83 bits per heavy atom. The number of hydrogen-bond acceptors (Lipinski definition) is 0. The molecule has 0 heterocycles. The molecule has 68 valence electrons. The summed E-state index contributed by atoms with van der Waals surface area (Å²) in [5.74, 6) is 3.50. The molecule has 1 aliphatic rings. The van der Waals surface area contributed by atoms with Crippen molar-refractivity contribution in [2.45, 2.75) is 50.3 Å². The molecule has 1 fully saturated rings. The van der Waals surface area contributed by atoms with E-state index in [-0.39, 0.29) is 0 Å². The van der Waals surface area contributed by atoms with Gasteiger partial charge in [0.15, 0.2) is 0 Å². The third kappa shape index (κ3) is 3.50. The van der Waals surface area contributed by atoms with E-state index in [2.05, 4.69) is 5.92 Å². The van der Waals surface area contributed by atoms with Gasteiger partial charge in [0.2, 0.25) is 0 Å². The average molecular weight is 185 g/mol. The van der Waals surface area contributed by atoms with Crippen LogP contribution in [0.15, 0.2) is 0 Å². The maximum Gasteiger partial charge on any atom is 0.0338 e. The average Bonchev–Trinajstić information content (AvgIpc) is 2.26. The third-order valence-electron chi connectivity index (χ3n) is 2.67. The van der Waals surface area contributed by atoms with Crippen molar-refractivity contribution in [3.63, 3.8) is 0 Å². The van der Waals surface area contributed by atoms with Crippen LogP contribution in [0.2, 0.25) is 0 Å². The van der Waals surface area contributed by atoms with Gasteiger partial charge in [0.05, 0.1) is 0 Å². The van der Waals surface area contributed by atoms with E-state index in [9.17, 15) is 0 Å². The highest BCUT2D eigenvalue weighted by Gasteiger charge is 2.17. The topological polar surface area (TPSA) is 0 Å². The van der Waals surface area contributed by atoms with Crippen LogP contribution in [0.1, 0.15) is 44.9 Å². The summed E-state index contributed by atoms with van der Waals surface area (Å²) >= 11 is 6.14. The molecule has 0 aromatic heterocycles. The zero-order valence-corrected chi connectivity index (χ0v) is 8.32. The van der Waals surface area contributed by atoms with Crippen LogP contribution in [0.3, 0.4) is 0 Å². The Balaban J connectivity index is 2.27. The zero-order chi connectivity index (χ0) is 8.81. The molecule has 2 atom stereocenters. The molecular formula is C11H17Cl. The fourth-order valence-corrected chi connectivity index (χ4v) is 2.35. The van der Waals surface area contributed by atoms with Gasteiger partial charge in [-0.1, -0.05) is 19.3 Å². The molecule has 0 aliphatic heterocycles. The maximum atomic E-state index is 6.14. The summed E-state index contributed by atoms with van der Waals surface area (Å²) in [6.07, 6.45) is 13.7. The second-order valence-electron chi connectivity index (χ2n) is 3.73. The number of halogens is 1. The Labute approximate surface area is 80.7 Å². The Hall–Kier alpha value is -0.150. The molecule has 0 spiro atoms. The van der Waals surface area contributed by atoms with Gasteiger partial charge in [-0.05, 0) is 25.2 Å². The summed E-state index contributed by atoms with van der Waals surface area (Å²) in [5.41, 5.74) is 0. The van der Waals surface area contributed by atoms with E-state index >= 15 is 0 Å². The van der Waals surface area contributed by atoms with Gasteiger partial charge in [-0.3, -0.25) is 0 Å². The van der Waals surface area contributed by atoms with Crippen molar-refractivity contribution in [2.75, 3.05) is 0 Å². The molecule has 2 unspecified atom stereocenters. The number of alkyl halides is 1. The summed E-state index contributed by atoms with van der Waals surface area (Å²) < 4.78 is 0. The Morgan fingerprint density at radius 1 is 1.33 bits per heavy atom. The highest BCUT2D eigenvalue weighted by atomic mass is 35.5. The summed E-state index contributed by atoms with van der Waals surface area (Å²) in [6, 6.07) is 0. The van der Waals surface area contributed by atoms with E-state index in [1.54, 1.807) is 0 Å². The molecule has 0 bridgehead atoms. The lowest BCUT2D eigenvalue weighted by Crippen LogP contribution is -2.05. The van der Waals surface area contributed by atoms with E-state index in [0.29, 0.717) is 5.38 Å². The third-order valence-corrected chi connectivity index (χ3v) is 3.06. The van der Waals surface area contributed by atoms with Gasteiger partial charge in [-0.15, -0.1) is 23.9 Å². The standard InChI is InChI=1S/C11H17Cl/c1-2-3-6-10-7-4-5-8-11(12)9-10/h1,10-11H,3-9H2. The van der Waals surface area contributed by atoms with Gasteiger partial charge in [0.1, 0.15) is 0 Å². The number of terminal acetylenes is 1. The SMILES string of the molecule is C#CCCC1CCCCC(Cl)C1. The van der Waals surface area contributed by atoms with Crippen molar-refractivity contribution < 1.29 is 0 Å². The predicted molar refractivity (Wildman–Crippen MR) is 54.3 cm³/mol. The second-order valence-corrected chi connectivity index (χ2v) is 4.34. The van der Waals surface area contributed by atoms with Crippen LogP contribution in [0.25, 0.3) is 0 Å². The highest BCUT2D eigenvalue weighted by molar-refractivity contribution is 6.20. The first-order chi connectivity index (χ1) is 5.83. The Morgan fingerprint density at radius 2 is 2.08 bits per heavy atom. The summed E-state index contributed by atoms with van der Waals surface area (Å²) in [5, 5.41) is 0.412. The van der Waals surface area contributed by atoms with Gasteiger partial charge in [0.25, 0.3) is 0 Å². The molecule has 1 heteroatoms. The summed E-state index contributed by atoms with van der Waals surface area (Å²) in [7, 11) is 0. The van der Waals surface area contributed by atoms with Crippen molar-refractivity contribution in [3.8, 4) is 12.3 Å². The Kier molecular flexibility index (Phi) is 4.54. The van der Waals surface area contributed by atoms with E-state index in [1.165, 1.54) is 38.5 Å². The number of hydrogen-bond donors (Lipinski definition) is 0. The number of rotatable bonds is 2. The minimum absolute atomic E-state index is 0.412. The first kappa shape index (κ1) is 9.93. The van der Waals surface area contributed by atoms with Gasteiger partial charge in [0, 0.05) is 11.8 Å². The summed E-state index contributed by atoms with van der Waals surface area (Å²) in [4.78, 5) is 0. The quantitative estimate of drug-likeness (QED) is 0.350. The fraction of sp³-hybridized carbons (Fsp3) is 0.818. The molecule has 0 saturated heterocycles. The van der Waals surface area contributed by atoms with E-state index in [0.717, 1.165) is 12.3 Å². The molecular weight excluding hydrogens is 168 g/mol. The van der Waals surface area contributed by atoms with Crippen LogP contribution in [0, 0.1) is 18.3 Å². The van der Waals surface area contributed by atoms with Crippen LogP contribution in [0.5, 0.6) is 0 Å². The molecule has 0 radical (unpaired) electrons. The minimum atomic E-state index is 0.412. The van der Waals surface area contributed by atoms with E-state index in [4.69, 9.17) is 18.0 Å². The van der Waals surface area contributed by atoms with Crippen molar-refractivity contribution >= 4 is 11.6 Å². The Bertz CT molecular complexity index is 157. The molecule has 1 aliphatic carbocycles. The van der Waals surface area contributed by atoms with Crippen molar-refractivity contribution in [3.05, 3.63) is 0 Å². The van der Waals surface area contributed by atoms with Gasteiger partial charge in [-0.25, -0.2) is 0 Å². The normalized spacial score (nSPS) is 30.7. The van der Waals surface area contributed by atoms with Crippen LogP contribution < -0.4 is 0 Å². The van der Waals surface area contributed by atoms with Crippen LogP contribution in [-0.4, -0.2) is 5.38 Å². The van der Waals surface area contributed by atoms with Crippen LogP contribution in [-0.2, 0) is 0 Å². The first-order valence-corrected chi connectivity index (χ1v) is 5.34. The summed E-state index contributed by atoms with van der Waals surface area (Å²) in [6.45, 7) is 0. The predicted octanol–water partition coefficient (Wildman–Crippen LogP) is 3.59. The molecule has 1 rings (SSSR count). The fourth-order valence-electron chi connectivity index (χ4n) is 1.95. The molecule has 0 N–H and O–H groups in total. The zero-order valence-electron chi connectivity index (χ0n) is 7.56. The van der Waals surface area contributed by atoms with Gasteiger partial charge in [-0.2, -0.15) is 0 Å². The monoisotopic (exact) mass is 184 g/mol. The van der Waals surface area contributed by atoms with E-state index in [1.807, 2.05) is 0 Å². The minimum Gasteiger partial charge on any atom is -0.123 e. The smallest absolute Gasteiger partial charge is 0.0338 e. The van der Waals surface area contributed by atoms with Crippen LogP contribution in [0.4, 0.5) is 0 Å². The molecule has 12 heavy (non-hydrogen) atoms. The largest absolute Gasteiger partial charge is 0.123 e. The van der Waals surface area contributed by atoms with Crippen molar-refractivity contribution in [1.82, 2.24) is 0 Å². The second kappa shape index (κ2) is 5.49. The molecule has 0 nitrogen and oxygen atoms in total. The van der Waals surface area contributed by atoms with Crippen molar-refractivity contribution in [1.29, 1.82) is 0 Å². The van der Waals surface area contributed by atoms with Gasteiger partial charge < -0.3 is 0 Å². The highest BCUT2D eigenvalue weighted by Crippen LogP contribution is 2.29. The lowest BCUT2D eigenvalue weighted by Gasteiger charge is -2.13. The molecule has 1 saturated carbocycles. The van der Waals surface area contributed by atoms with E-state index < -0.39 is 0 Å².